The van der Waals surface area contributed by atoms with Crippen LogP contribution in [-0.4, -0.2) is 30.0 Å². The van der Waals surface area contributed by atoms with Crippen LogP contribution < -0.4 is 21.5 Å². The third kappa shape index (κ3) is 13.5. The molecule has 0 aliphatic carbocycles. The van der Waals surface area contributed by atoms with E-state index in [1.165, 1.54) is 11.1 Å². The van der Waals surface area contributed by atoms with Crippen molar-refractivity contribution >= 4 is 23.5 Å². The van der Waals surface area contributed by atoms with Gasteiger partial charge in [0, 0.05) is 28.7 Å². The second kappa shape index (κ2) is 19.6. The van der Waals surface area contributed by atoms with Gasteiger partial charge in [-0.25, -0.2) is 0 Å². The average molecular weight is 796 g/mol. The van der Waals surface area contributed by atoms with Crippen molar-refractivity contribution in [1.29, 1.82) is 0 Å². The van der Waals surface area contributed by atoms with Gasteiger partial charge in [0.05, 0.1) is 6.54 Å². The Morgan fingerprint density at radius 3 is 1.59 bits per heavy atom. The number of ether oxygens (including phenoxy) is 1. The summed E-state index contributed by atoms with van der Waals surface area (Å²) in [5.74, 6) is -0.0933. The lowest BCUT2D eigenvalue weighted by Gasteiger charge is -2.21. The third-order valence-corrected chi connectivity index (χ3v) is 10.2. The molecule has 0 saturated carbocycles. The molecule has 0 radical (unpaired) electrons. The van der Waals surface area contributed by atoms with Crippen LogP contribution in [0.3, 0.4) is 0 Å². The van der Waals surface area contributed by atoms with E-state index in [9.17, 15) is 19.2 Å². The average Bonchev–Trinajstić information content (AvgIpc) is 3.32. The Morgan fingerprint density at radius 2 is 1.07 bits per heavy atom. The molecule has 8 nitrogen and oxygen atoms in total. The van der Waals surface area contributed by atoms with Crippen molar-refractivity contribution in [2.45, 2.75) is 104 Å². The summed E-state index contributed by atoms with van der Waals surface area (Å²) in [5.41, 5.74) is 20.4. The normalized spacial score (nSPS) is 12.7. The van der Waals surface area contributed by atoms with Crippen molar-refractivity contribution in [2.24, 2.45) is 11.5 Å². The Hall–Kier alpha value is -6.02. The van der Waals surface area contributed by atoms with Crippen molar-refractivity contribution in [3.05, 3.63) is 171 Å². The van der Waals surface area contributed by atoms with Crippen molar-refractivity contribution in [3.63, 3.8) is 0 Å². The monoisotopic (exact) mass is 795 g/mol. The number of carbonyl (C=O) groups excluding carboxylic acids is 4. The summed E-state index contributed by atoms with van der Waals surface area (Å²) in [4.78, 5) is 46.5. The van der Waals surface area contributed by atoms with Crippen LogP contribution in [0.5, 0.6) is 5.75 Å². The Bertz CT molecular complexity index is 2130. The second-order valence-electron chi connectivity index (χ2n) is 18.1. The summed E-state index contributed by atoms with van der Waals surface area (Å²) in [6.45, 7) is 19.7. The van der Waals surface area contributed by atoms with E-state index < -0.39 is 5.91 Å². The lowest BCUT2D eigenvalue weighted by molar-refractivity contribution is -0.117. The molecule has 5 aromatic rings. The first-order valence-corrected chi connectivity index (χ1v) is 20.1. The van der Waals surface area contributed by atoms with Crippen LogP contribution in [0.2, 0.25) is 0 Å². The first-order valence-electron chi connectivity index (χ1n) is 20.1. The van der Waals surface area contributed by atoms with Gasteiger partial charge in [0.1, 0.15) is 12.4 Å². The zero-order valence-electron chi connectivity index (χ0n) is 36.2. The number of hydrogen-bond acceptors (Lipinski definition) is 5. The summed E-state index contributed by atoms with van der Waals surface area (Å²) in [6.07, 6.45) is 2.08. The number of nitrogens with two attached hydrogens (primary N) is 2. The molecule has 1 aliphatic heterocycles. The molecule has 59 heavy (non-hydrogen) atoms. The highest BCUT2D eigenvalue weighted by molar-refractivity contribution is 6.02. The predicted octanol–water partition coefficient (Wildman–Crippen LogP) is 9.37. The fraction of sp³-hybridized carbons (Fsp3) is 0.333. The van der Waals surface area contributed by atoms with E-state index in [4.69, 9.17) is 16.2 Å². The Kier molecular flexibility index (Phi) is 15.2. The number of amides is 3. The zero-order valence-corrected chi connectivity index (χ0v) is 36.2. The summed E-state index contributed by atoms with van der Waals surface area (Å²) >= 11 is 0. The van der Waals surface area contributed by atoms with Gasteiger partial charge in [-0.15, -0.1) is 0 Å². The SMILES string of the molecule is CC(C)(C)c1ccc(C(N)=O)c(CCc2ccccc2)c1.CC(C)(C)c1ccc(C(N)=O)c(COc2ccccc2)c1.CC(C)(C)c1ccc2c(c1)CC(=O)CNC2=O. The number of aryl methyl sites for hydroxylation is 2. The zero-order chi connectivity index (χ0) is 43.5. The predicted molar refractivity (Wildman–Crippen MR) is 238 cm³/mol. The van der Waals surface area contributed by atoms with E-state index in [1.54, 1.807) is 6.07 Å². The first kappa shape index (κ1) is 45.7. The number of benzene rings is 5. The van der Waals surface area contributed by atoms with Gasteiger partial charge in [0.25, 0.3) is 5.91 Å². The number of para-hydroxylation sites is 1. The van der Waals surface area contributed by atoms with Gasteiger partial charge in [0.2, 0.25) is 11.8 Å². The largest absolute Gasteiger partial charge is 0.489 e. The maximum atomic E-state index is 11.7. The Labute approximate surface area is 350 Å². The van der Waals surface area contributed by atoms with Crippen molar-refractivity contribution in [1.82, 2.24) is 5.32 Å². The molecule has 5 aromatic carbocycles. The highest BCUT2D eigenvalue weighted by Crippen LogP contribution is 2.28. The fourth-order valence-electron chi connectivity index (χ4n) is 6.51. The van der Waals surface area contributed by atoms with Crippen LogP contribution in [0.4, 0.5) is 0 Å². The first-order chi connectivity index (χ1) is 27.6. The Balaban J connectivity index is 0.000000197. The summed E-state index contributed by atoms with van der Waals surface area (Å²) in [7, 11) is 0. The van der Waals surface area contributed by atoms with E-state index in [-0.39, 0.29) is 40.4 Å². The molecule has 0 spiro atoms. The van der Waals surface area contributed by atoms with E-state index in [2.05, 4.69) is 85.8 Å². The number of carbonyl (C=O) groups is 4. The van der Waals surface area contributed by atoms with E-state index in [0.717, 1.165) is 46.4 Å². The van der Waals surface area contributed by atoms with Crippen LogP contribution in [0, 0.1) is 0 Å². The number of nitrogens with one attached hydrogen (secondary N) is 1. The third-order valence-electron chi connectivity index (χ3n) is 10.2. The van der Waals surface area contributed by atoms with Crippen LogP contribution in [0.25, 0.3) is 0 Å². The second-order valence-corrected chi connectivity index (χ2v) is 18.1. The quantitative estimate of drug-likeness (QED) is 0.144. The number of rotatable bonds is 8. The van der Waals surface area contributed by atoms with Crippen LogP contribution in [0.15, 0.2) is 115 Å². The van der Waals surface area contributed by atoms with Crippen LogP contribution in [0.1, 0.15) is 132 Å². The van der Waals surface area contributed by atoms with Gasteiger partial charge in [-0.3, -0.25) is 19.2 Å². The molecule has 0 atom stereocenters. The lowest BCUT2D eigenvalue weighted by atomic mass is 9.84. The molecular weight excluding hydrogens is 735 g/mol. The van der Waals surface area contributed by atoms with E-state index in [0.29, 0.717) is 29.7 Å². The minimum atomic E-state index is -0.429. The topological polar surface area (TPSA) is 142 Å². The van der Waals surface area contributed by atoms with Crippen molar-refractivity contribution in [2.75, 3.05) is 6.54 Å². The van der Waals surface area contributed by atoms with Crippen molar-refractivity contribution in [3.8, 4) is 5.75 Å². The van der Waals surface area contributed by atoms with Gasteiger partial charge in [-0.05, 0) is 92.8 Å². The highest BCUT2D eigenvalue weighted by Gasteiger charge is 2.23. The molecule has 6 rings (SSSR count). The Morgan fingerprint density at radius 1 is 0.593 bits per heavy atom. The summed E-state index contributed by atoms with van der Waals surface area (Å²) in [5, 5.41) is 2.62. The minimum absolute atomic E-state index is 0.0116. The fourth-order valence-corrected chi connectivity index (χ4v) is 6.51. The van der Waals surface area contributed by atoms with Gasteiger partial charge < -0.3 is 21.5 Å². The highest BCUT2D eigenvalue weighted by atomic mass is 16.5. The molecular formula is C51H61N3O5. The number of ketones is 1. The van der Waals surface area contributed by atoms with Crippen molar-refractivity contribution < 1.29 is 23.9 Å². The van der Waals surface area contributed by atoms with Gasteiger partial charge in [-0.2, -0.15) is 0 Å². The van der Waals surface area contributed by atoms with Gasteiger partial charge >= 0.3 is 0 Å². The maximum absolute atomic E-state index is 11.7. The van der Waals surface area contributed by atoms with Gasteiger partial charge in [0.15, 0.2) is 5.78 Å². The molecule has 1 aliphatic rings. The molecule has 1 heterocycles. The number of primary amides is 2. The molecule has 3 amide bonds. The molecule has 0 bridgehead atoms. The molecule has 0 fully saturated rings. The van der Waals surface area contributed by atoms with Crippen LogP contribution >= 0.6 is 0 Å². The molecule has 0 saturated heterocycles. The maximum Gasteiger partial charge on any atom is 0.251 e. The van der Waals surface area contributed by atoms with Gasteiger partial charge in [-0.1, -0.05) is 147 Å². The van der Waals surface area contributed by atoms with E-state index >= 15 is 0 Å². The molecule has 0 aromatic heterocycles. The van der Waals surface area contributed by atoms with E-state index in [1.807, 2.05) is 91.0 Å². The number of fused-ring (bicyclic) bond motifs is 1. The summed E-state index contributed by atoms with van der Waals surface area (Å²) in [6, 6.07) is 37.3. The lowest BCUT2D eigenvalue weighted by Crippen LogP contribution is -2.26. The standard InChI is InChI=1S/C19H23NO.C18H21NO2.C14H17NO2/c1-19(2,3)16-11-12-17(18(20)21)15(13-16)10-9-14-7-5-4-6-8-14;1-18(2,3)14-9-10-16(17(19)20)13(11-14)12-21-15-7-5-4-6-8-15;1-14(2,3)10-4-5-12-9(6-10)7-11(16)8-15-13(12)17/h4-8,11-13H,9-10H2,1-3H3,(H2,20,21);4-11H,12H2,1-3H3,(H2,19,20);4-6H,7-8H2,1-3H3,(H,15,17). The molecule has 8 heteroatoms. The number of Topliss-reactive ketones (excluding diaryl/α,β-unsaturated/α-hetero) is 1. The smallest absolute Gasteiger partial charge is 0.251 e. The molecule has 0 unspecified atom stereocenters. The summed E-state index contributed by atoms with van der Waals surface area (Å²) < 4.78 is 5.74. The minimum Gasteiger partial charge on any atom is -0.489 e. The molecule has 310 valence electrons. The van der Waals surface area contributed by atoms with Crippen LogP contribution in [-0.2, 0) is 46.9 Å². The molecule has 5 N–H and O–H groups in total. The number of hydrogen-bond donors (Lipinski definition) is 3.